The van der Waals surface area contributed by atoms with E-state index in [1.807, 2.05) is 0 Å². The molecule has 0 bridgehead atoms. The summed E-state index contributed by atoms with van der Waals surface area (Å²) >= 11 is 0. The number of nitro groups is 1. The lowest BCUT2D eigenvalue weighted by molar-refractivity contribution is -0.386. The van der Waals surface area contributed by atoms with Crippen molar-refractivity contribution in [2.75, 3.05) is 13.1 Å². The maximum absolute atomic E-state index is 11.0. The summed E-state index contributed by atoms with van der Waals surface area (Å²) in [7, 11) is 0. The van der Waals surface area contributed by atoms with E-state index in [0.29, 0.717) is 11.3 Å². The Labute approximate surface area is 112 Å². The predicted octanol–water partition coefficient (Wildman–Crippen LogP) is 2.46. The fraction of sp³-hybridized carbons (Fsp3) is 0.500. The fourth-order valence-corrected chi connectivity index (χ4v) is 2.05. The molecule has 0 saturated carbocycles. The van der Waals surface area contributed by atoms with E-state index >= 15 is 0 Å². The molecule has 0 aromatic heterocycles. The second-order valence-electron chi connectivity index (χ2n) is 4.25. The molecule has 0 radical (unpaired) electrons. The lowest BCUT2D eigenvalue weighted by atomic mass is 10.1. The van der Waals surface area contributed by atoms with Crippen molar-refractivity contribution in [1.82, 2.24) is 5.32 Å². The van der Waals surface area contributed by atoms with Crippen molar-refractivity contribution >= 4 is 18.1 Å². The zero-order valence-electron chi connectivity index (χ0n) is 10.2. The first-order valence-corrected chi connectivity index (χ1v) is 5.80. The SMILES string of the molecule is Cc1cccc(OC2CCNCC2)c1[N+](=O)[O-].Cl. The van der Waals surface area contributed by atoms with Crippen molar-refractivity contribution in [1.29, 1.82) is 0 Å². The van der Waals surface area contributed by atoms with E-state index in [0.717, 1.165) is 25.9 Å². The van der Waals surface area contributed by atoms with Gasteiger partial charge in [-0.05, 0) is 38.9 Å². The average molecular weight is 273 g/mol. The summed E-state index contributed by atoms with van der Waals surface area (Å²) < 4.78 is 5.75. The third kappa shape index (κ3) is 3.34. The maximum Gasteiger partial charge on any atom is 0.313 e. The number of hydrogen-bond acceptors (Lipinski definition) is 4. The summed E-state index contributed by atoms with van der Waals surface area (Å²) in [6, 6.07) is 5.19. The van der Waals surface area contributed by atoms with E-state index in [4.69, 9.17) is 4.74 Å². The maximum atomic E-state index is 11.0. The van der Waals surface area contributed by atoms with Crippen molar-refractivity contribution in [3.8, 4) is 5.75 Å². The van der Waals surface area contributed by atoms with Crippen LogP contribution in [0.5, 0.6) is 5.75 Å². The zero-order chi connectivity index (χ0) is 12.3. The molecular weight excluding hydrogens is 256 g/mol. The first kappa shape index (κ1) is 14.7. The molecule has 1 fully saturated rings. The molecule has 0 atom stereocenters. The predicted molar refractivity (Wildman–Crippen MR) is 71.6 cm³/mol. The molecule has 1 saturated heterocycles. The van der Waals surface area contributed by atoms with Crippen LogP contribution in [0.4, 0.5) is 5.69 Å². The quantitative estimate of drug-likeness (QED) is 0.678. The van der Waals surface area contributed by atoms with Gasteiger partial charge in [0.15, 0.2) is 5.75 Å². The molecule has 2 rings (SSSR count). The molecule has 1 aliphatic heterocycles. The summed E-state index contributed by atoms with van der Waals surface area (Å²) in [5.74, 6) is 0.391. The minimum absolute atomic E-state index is 0. The summed E-state index contributed by atoms with van der Waals surface area (Å²) in [4.78, 5) is 10.6. The van der Waals surface area contributed by atoms with Gasteiger partial charge in [-0.25, -0.2) is 0 Å². The summed E-state index contributed by atoms with van der Waals surface area (Å²) in [5, 5.41) is 14.2. The van der Waals surface area contributed by atoms with Crippen LogP contribution in [-0.4, -0.2) is 24.1 Å². The molecule has 1 aromatic carbocycles. The van der Waals surface area contributed by atoms with Crippen LogP contribution in [0.3, 0.4) is 0 Å². The van der Waals surface area contributed by atoms with Gasteiger partial charge >= 0.3 is 5.69 Å². The Balaban J connectivity index is 0.00000162. The van der Waals surface area contributed by atoms with Gasteiger partial charge < -0.3 is 10.1 Å². The fourth-order valence-electron chi connectivity index (χ4n) is 2.05. The first-order chi connectivity index (χ1) is 8.18. The van der Waals surface area contributed by atoms with Crippen LogP contribution < -0.4 is 10.1 Å². The third-order valence-corrected chi connectivity index (χ3v) is 2.96. The van der Waals surface area contributed by atoms with Crippen LogP contribution >= 0.6 is 12.4 Å². The minimum atomic E-state index is -0.369. The number of nitrogens with zero attached hydrogens (tertiary/aromatic N) is 1. The molecule has 1 N–H and O–H groups in total. The van der Waals surface area contributed by atoms with Gasteiger partial charge in [-0.2, -0.15) is 0 Å². The number of halogens is 1. The molecule has 1 aromatic rings. The number of para-hydroxylation sites is 1. The molecule has 100 valence electrons. The Morgan fingerprint density at radius 1 is 1.39 bits per heavy atom. The molecule has 0 amide bonds. The average Bonchev–Trinajstić information content (AvgIpc) is 2.30. The highest BCUT2D eigenvalue weighted by molar-refractivity contribution is 5.85. The van der Waals surface area contributed by atoms with Gasteiger partial charge in [0.1, 0.15) is 6.10 Å². The largest absolute Gasteiger partial charge is 0.483 e. The van der Waals surface area contributed by atoms with Crippen molar-refractivity contribution in [2.24, 2.45) is 0 Å². The van der Waals surface area contributed by atoms with Gasteiger partial charge in [-0.15, -0.1) is 12.4 Å². The van der Waals surface area contributed by atoms with Gasteiger partial charge in [0.25, 0.3) is 0 Å². The number of nitro benzene ring substituents is 1. The Morgan fingerprint density at radius 3 is 2.67 bits per heavy atom. The van der Waals surface area contributed by atoms with Gasteiger partial charge in [-0.1, -0.05) is 12.1 Å². The number of piperidine rings is 1. The molecule has 6 heteroatoms. The number of benzene rings is 1. The van der Waals surface area contributed by atoms with Crippen molar-refractivity contribution in [2.45, 2.75) is 25.9 Å². The van der Waals surface area contributed by atoms with Crippen LogP contribution in [0.25, 0.3) is 0 Å². The molecule has 18 heavy (non-hydrogen) atoms. The number of ether oxygens (including phenoxy) is 1. The first-order valence-electron chi connectivity index (χ1n) is 5.80. The molecule has 5 nitrogen and oxygen atoms in total. The van der Waals surface area contributed by atoms with E-state index < -0.39 is 0 Å². The highest BCUT2D eigenvalue weighted by Crippen LogP contribution is 2.31. The highest BCUT2D eigenvalue weighted by Gasteiger charge is 2.22. The van der Waals surface area contributed by atoms with Crippen LogP contribution in [-0.2, 0) is 0 Å². The second kappa shape index (κ2) is 6.56. The van der Waals surface area contributed by atoms with Gasteiger partial charge in [0.2, 0.25) is 0 Å². The third-order valence-electron chi connectivity index (χ3n) is 2.96. The lowest BCUT2D eigenvalue weighted by Gasteiger charge is -2.23. The van der Waals surface area contributed by atoms with Gasteiger partial charge in [0.05, 0.1) is 4.92 Å². The monoisotopic (exact) mass is 272 g/mol. The van der Waals surface area contributed by atoms with E-state index in [1.165, 1.54) is 0 Å². The van der Waals surface area contributed by atoms with E-state index in [2.05, 4.69) is 5.32 Å². The van der Waals surface area contributed by atoms with E-state index in [1.54, 1.807) is 25.1 Å². The molecular formula is C12H17ClN2O3. The smallest absolute Gasteiger partial charge is 0.313 e. The summed E-state index contributed by atoms with van der Waals surface area (Å²) in [6.07, 6.45) is 1.87. The van der Waals surface area contributed by atoms with Crippen LogP contribution in [0.15, 0.2) is 18.2 Å². The number of nitrogens with one attached hydrogen (secondary N) is 1. The Morgan fingerprint density at radius 2 is 2.06 bits per heavy atom. The standard InChI is InChI=1S/C12H16N2O3.ClH/c1-9-3-2-4-11(12(9)14(15)16)17-10-5-7-13-8-6-10;/h2-4,10,13H,5-8H2,1H3;1H. The molecule has 0 unspecified atom stereocenters. The van der Waals surface area contributed by atoms with Crippen molar-refractivity contribution in [3.05, 3.63) is 33.9 Å². The second-order valence-corrected chi connectivity index (χ2v) is 4.25. The topological polar surface area (TPSA) is 64.4 Å². The van der Waals surface area contributed by atoms with Crippen LogP contribution in [0.1, 0.15) is 18.4 Å². The van der Waals surface area contributed by atoms with E-state index in [-0.39, 0.29) is 29.1 Å². The Hall–Kier alpha value is -1.33. The number of rotatable bonds is 3. The Kier molecular flexibility index (Phi) is 5.37. The summed E-state index contributed by atoms with van der Waals surface area (Å²) in [6.45, 7) is 3.54. The lowest BCUT2D eigenvalue weighted by Crippen LogP contribution is -2.34. The molecule has 1 heterocycles. The van der Waals surface area contributed by atoms with Crippen molar-refractivity contribution < 1.29 is 9.66 Å². The zero-order valence-corrected chi connectivity index (χ0v) is 11.0. The van der Waals surface area contributed by atoms with E-state index in [9.17, 15) is 10.1 Å². The number of hydrogen-bond donors (Lipinski definition) is 1. The molecule has 0 aliphatic carbocycles. The normalized spacial score (nSPS) is 15.8. The highest BCUT2D eigenvalue weighted by atomic mass is 35.5. The summed E-state index contributed by atoms with van der Waals surface area (Å²) in [5.41, 5.74) is 0.729. The van der Waals surface area contributed by atoms with Crippen LogP contribution in [0.2, 0.25) is 0 Å². The molecule has 0 spiro atoms. The van der Waals surface area contributed by atoms with Crippen molar-refractivity contribution in [3.63, 3.8) is 0 Å². The number of aryl methyl sites for hydroxylation is 1. The van der Waals surface area contributed by atoms with Gasteiger partial charge in [0, 0.05) is 5.56 Å². The van der Waals surface area contributed by atoms with Gasteiger partial charge in [-0.3, -0.25) is 10.1 Å². The Bertz CT molecular complexity index is 420. The minimum Gasteiger partial charge on any atom is -0.483 e. The van der Waals surface area contributed by atoms with Crippen LogP contribution in [0, 0.1) is 17.0 Å². The molecule has 1 aliphatic rings.